The van der Waals surface area contributed by atoms with Crippen LogP contribution in [0.4, 0.5) is 0 Å². The minimum atomic E-state index is -0.859. The zero-order chi connectivity index (χ0) is 35.7. The second-order valence-electron chi connectivity index (χ2n) is 13.7. The van der Waals surface area contributed by atoms with Gasteiger partial charge in [-0.1, -0.05) is 194 Å². The second kappa shape index (κ2) is 24.2. The molecule has 0 bridgehead atoms. The summed E-state index contributed by atoms with van der Waals surface area (Å²) in [5.41, 5.74) is 2.61. The van der Waals surface area contributed by atoms with E-state index in [0.29, 0.717) is 24.7 Å². The fraction of sp³-hybridized carbons (Fsp3) is 0.478. The number of hydrogen-bond donors (Lipinski definition) is 0. The maximum absolute atomic E-state index is 9.24. The van der Waals surface area contributed by atoms with E-state index in [9.17, 15) is 5.26 Å². The highest BCUT2D eigenvalue weighted by Gasteiger charge is 2.38. The quantitative estimate of drug-likeness (QED) is 0.0461. The van der Waals surface area contributed by atoms with Crippen molar-refractivity contribution < 1.29 is 14.2 Å². The van der Waals surface area contributed by atoms with Crippen LogP contribution in [-0.2, 0) is 15.1 Å². The molecule has 3 aromatic carbocycles. The molecule has 0 N–H and O–H groups in total. The van der Waals surface area contributed by atoms with E-state index in [1.807, 2.05) is 18.2 Å². The number of rotatable bonds is 27. The standard InChI is InChI=1S/C46H60N2O3/c1-2-3-4-5-6-7-8-9-10-11-12-13-14-15-16-26-35-49-38-45(51-44-34-33-43(36-47)48-37-44)39-50-46(40-27-20-17-21-28-40,41-29-22-18-23-30-41)42-31-24-19-25-32-42/h17-25,27-34,37,45H,2-16,26,35,38-39H2,1H3. The number of aromatic nitrogens is 1. The van der Waals surface area contributed by atoms with Crippen LogP contribution in [0.3, 0.4) is 0 Å². The monoisotopic (exact) mass is 688 g/mol. The van der Waals surface area contributed by atoms with Gasteiger partial charge in [-0.3, -0.25) is 0 Å². The summed E-state index contributed by atoms with van der Waals surface area (Å²) in [6, 6.07) is 36.7. The topological polar surface area (TPSA) is 64.4 Å². The molecule has 0 amide bonds. The highest BCUT2D eigenvalue weighted by molar-refractivity contribution is 5.47. The first kappa shape index (κ1) is 39.8. The number of nitrogens with zero attached hydrogens (tertiary/aromatic N) is 2. The van der Waals surface area contributed by atoms with Crippen LogP contribution in [0.15, 0.2) is 109 Å². The molecule has 51 heavy (non-hydrogen) atoms. The van der Waals surface area contributed by atoms with Crippen molar-refractivity contribution in [1.82, 2.24) is 4.98 Å². The van der Waals surface area contributed by atoms with Crippen LogP contribution in [0.5, 0.6) is 5.75 Å². The molecule has 5 heteroatoms. The molecule has 0 radical (unpaired) electrons. The lowest BCUT2D eigenvalue weighted by Crippen LogP contribution is -2.38. The van der Waals surface area contributed by atoms with Crippen LogP contribution >= 0.6 is 0 Å². The van der Waals surface area contributed by atoms with Gasteiger partial charge in [-0.15, -0.1) is 0 Å². The normalized spacial score (nSPS) is 12.0. The van der Waals surface area contributed by atoms with E-state index < -0.39 is 11.7 Å². The van der Waals surface area contributed by atoms with Crippen LogP contribution in [-0.4, -0.2) is 30.9 Å². The van der Waals surface area contributed by atoms with Crippen LogP contribution in [0.1, 0.15) is 132 Å². The van der Waals surface area contributed by atoms with Gasteiger partial charge in [0.05, 0.1) is 19.4 Å². The largest absolute Gasteiger partial charge is 0.484 e. The number of benzene rings is 3. The molecule has 1 aromatic heterocycles. The lowest BCUT2D eigenvalue weighted by molar-refractivity contribution is -0.0554. The molecule has 4 aromatic rings. The molecule has 0 saturated heterocycles. The third-order valence-electron chi connectivity index (χ3n) is 9.63. The summed E-state index contributed by atoms with van der Waals surface area (Å²) in [4.78, 5) is 4.22. The van der Waals surface area contributed by atoms with Crippen molar-refractivity contribution >= 4 is 0 Å². The third-order valence-corrected chi connectivity index (χ3v) is 9.63. The Bertz CT molecular complexity index is 1380. The Morgan fingerprint density at radius 3 is 1.43 bits per heavy atom. The van der Waals surface area contributed by atoms with Crippen molar-refractivity contribution in [1.29, 1.82) is 5.26 Å². The van der Waals surface area contributed by atoms with Crippen molar-refractivity contribution in [2.75, 3.05) is 19.8 Å². The highest BCUT2D eigenvalue weighted by Crippen LogP contribution is 2.40. The molecule has 0 aliphatic heterocycles. The third kappa shape index (κ3) is 13.9. The average molecular weight is 689 g/mol. The molecule has 0 aliphatic carbocycles. The summed E-state index contributed by atoms with van der Waals surface area (Å²) >= 11 is 0. The van der Waals surface area contributed by atoms with E-state index in [0.717, 1.165) is 23.1 Å². The van der Waals surface area contributed by atoms with Crippen molar-refractivity contribution in [2.45, 2.75) is 121 Å². The van der Waals surface area contributed by atoms with E-state index in [4.69, 9.17) is 14.2 Å². The van der Waals surface area contributed by atoms with Gasteiger partial charge < -0.3 is 14.2 Å². The van der Waals surface area contributed by atoms with Gasteiger partial charge in [0.25, 0.3) is 0 Å². The van der Waals surface area contributed by atoms with E-state index >= 15 is 0 Å². The summed E-state index contributed by atoms with van der Waals surface area (Å²) in [7, 11) is 0. The van der Waals surface area contributed by atoms with Gasteiger partial charge in [-0.25, -0.2) is 4.98 Å². The summed E-state index contributed by atoms with van der Waals surface area (Å²) in [5, 5.41) is 9.24. The molecule has 1 atom stereocenters. The Morgan fingerprint density at radius 1 is 0.569 bits per heavy atom. The molecule has 1 unspecified atom stereocenters. The summed E-state index contributed by atoms with van der Waals surface area (Å²) < 4.78 is 19.7. The molecule has 0 fully saturated rings. The minimum Gasteiger partial charge on any atom is -0.484 e. The first-order chi connectivity index (χ1) is 25.3. The van der Waals surface area contributed by atoms with Crippen molar-refractivity contribution in [2.24, 2.45) is 0 Å². The second-order valence-corrected chi connectivity index (χ2v) is 13.7. The van der Waals surface area contributed by atoms with Crippen LogP contribution in [0, 0.1) is 11.3 Å². The fourth-order valence-electron chi connectivity index (χ4n) is 6.78. The molecule has 272 valence electrons. The van der Waals surface area contributed by atoms with Gasteiger partial charge in [0.15, 0.2) is 0 Å². The van der Waals surface area contributed by atoms with E-state index in [-0.39, 0.29) is 6.61 Å². The smallest absolute Gasteiger partial charge is 0.145 e. The van der Waals surface area contributed by atoms with Crippen molar-refractivity contribution in [3.8, 4) is 11.8 Å². The molecular weight excluding hydrogens is 629 g/mol. The zero-order valence-electron chi connectivity index (χ0n) is 31.0. The SMILES string of the molecule is CCCCCCCCCCCCCCCCCCOCC(COC(c1ccccc1)(c1ccccc1)c1ccccc1)Oc1ccc(C#N)nc1. The van der Waals surface area contributed by atoms with Crippen LogP contribution in [0.25, 0.3) is 0 Å². The lowest BCUT2D eigenvalue weighted by Gasteiger charge is -2.37. The van der Waals surface area contributed by atoms with Crippen molar-refractivity contribution in [3.05, 3.63) is 132 Å². The molecule has 1 heterocycles. The van der Waals surface area contributed by atoms with Gasteiger partial charge in [0.2, 0.25) is 0 Å². The van der Waals surface area contributed by atoms with E-state index in [1.54, 1.807) is 18.3 Å². The number of ether oxygens (including phenoxy) is 3. The van der Waals surface area contributed by atoms with E-state index in [2.05, 4.69) is 90.8 Å². The molecule has 0 spiro atoms. The molecule has 5 nitrogen and oxygen atoms in total. The zero-order valence-corrected chi connectivity index (χ0v) is 31.0. The number of nitriles is 1. The van der Waals surface area contributed by atoms with Crippen LogP contribution < -0.4 is 4.74 Å². The predicted octanol–water partition coefficient (Wildman–Crippen LogP) is 12.0. The summed E-state index contributed by atoms with van der Waals surface area (Å²) in [6.07, 6.45) is 22.8. The Balaban J connectivity index is 1.27. The van der Waals surface area contributed by atoms with Crippen molar-refractivity contribution in [3.63, 3.8) is 0 Å². The molecular formula is C46H60N2O3. The average Bonchev–Trinajstić information content (AvgIpc) is 3.19. The maximum atomic E-state index is 9.24. The van der Waals surface area contributed by atoms with Gasteiger partial charge in [0, 0.05) is 6.61 Å². The van der Waals surface area contributed by atoms with Gasteiger partial charge in [-0.05, 0) is 35.2 Å². The first-order valence-electron chi connectivity index (χ1n) is 19.7. The summed E-state index contributed by atoms with van der Waals surface area (Å²) in [6.45, 7) is 3.63. The Labute approximate surface area is 308 Å². The minimum absolute atomic E-state index is 0.275. The predicted molar refractivity (Wildman–Crippen MR) is 209 cm³/mol. The molecule has 0 saturated carbocycles. The fourth-order valence-corrected chi connectivity index (χ4v) is 6.78. The number of unbranched alkanes of at least 4 members (excludes halogenated alkanes) is 15. The lowest BCUT2D eigenvalue weighted by atomic mass is 9.80. The maximum Gasteiger partial charge on any atom is 0.145 e. The van der Waals surface area contributed by atoms with Gasteiger partial charge >= 0.3 is 0 Å². The first-order valence-corrected chi connectivity index (χ1v) is 19.7. The summed E-state index contributed by atoms with van der Waals surface area (Å²) in [5.74, 6) is 0.582. The number of pyridine rings is 1. The van der Waals surface area contributed by atoms with Gasteiger partial charge in [0.1, 0.15) is 29.2 Å². The van der Waals surface area contributed by atoms with E-state index in [1.165, 1.54) is 96.3 Å². The Kier molecular flexibility index (Phi) is 18.9. The van der Waals surface area contributed by atoms with Crippen LogP contribution in [0.2, 0.25) is 0 Å². The molecule has 4 rings (SSSR count). The molecule has 0 aliphatic rings. The highest BCUT2D eigenvalue weighted by atomic mass is 16.6. The Morgan fingerprint density at radius 2 is 1.02 bits per heavy atom. The number of hydrogen-bond acceptors (Lipinski definition) is 5. The van der Waals surface area contributed by atoms with Gasteiger partial charge in [-0.2, -0.15) is 5.26 Å². The Hall–Kier alpha value is -3.98.